The zero-order chi connectivity index (χ0) is 13.7. The van der Waals surface area contributed by atoms with Gasteiger partial charge in [0.05, 0.1) is 15.8 Å². The van der Waals surface area contributed by atoms with Crippen molar-refractivity contribution in [3.8, 4) is 0 Å². The highest BCUT2D eigenvalue weighted by atomic mass is 79.9. The number of hydrogen-bond acceptors (Lipinski definition) is 4. The van der Waals surface area contributed by atoms with Crippen molar-refractivity contribution in [2.45, 2.75) is 13.0 Å². The van der Waals surface area contributed by atoms with E-state index in [1.807, 2.05) is 0 Å². The SMILES string of the molecule is CN(CCC(=O)O)Cc1cccc([N+](=O)[O-])c1Br. The summed E-state index contributed by atoms with van der Waals surface area (Å²) in [5, 5.41) is 19.3. The Morgan fingerprint density at radius 1 is 1.56 bits per heavy atom. The van der Waals surface area contributed by atoms with E-state index in [4.69, 9.17) is 5.11 Å². The van der Waals surface area contributed by atoms with Gasteiger partial charge in [-0.2, -0.15) is 0 Å². The van der Waals surface area contributed by atoms with Crippen molar-refractivity contribution < 1.29 is 14.8 Å². The molecule has 0 bridgehead atoms. The van der Waals surface area contributed by atoms with Crippen molar-refractivity contribution in [3.63, 3.8) is 0 Å². The molecule has 6 nitrogen and oxygen atoms in total. The fourth-order valence-electron chi connectivity index (χ4n) is 1.49. The Labute approximate surface area is 112 Å². The van der Waals surface area contributed by atoms with Gasteiger partial charge in [0.1, 0.15) is 0 Å². The molecule has 0 aliphatic heterocycles. The summed E-state index contributed by atoms with van der Waals surface area (Å²) in [6.45, 7) is 0.847. The first-order valence-corrected chi connectivity index (χ1v) is 6.03. The van der Waals surface area contributed by atoms with Gasteiger partial charge >= 0.3 is 5.97 Å². The fraction of sp³-hybridized carbons (Fsp3) is 0.364. The molecular weight excluding hydrogens is 304 g/mol. The molecule has 0 atom stereocenters. The van der Waals surface area contributed by atoms with Crippen LogP contribution in [-0.2, 0) is 11.3 Å². The summed E-state index contributed by atoms with van der Waals surface area (Å²) in [4.78, 5) is 22.6. The van der Waals surface area contributed by atoms with Crippen LogP contribution in [0.5, 0.6) is 0 Å². The molecule has 98 valence electrons. The quantitative estimate of drug-likeness (QED) is 0.643. The number of aliphatic carboxylic acids is 1. The lowest BCUT2D eigenvalue weighted by molar-refractivity contribution is -0.385. The van der Waals surface area contributed by atoms with E-state index >= 15 is 0 Å². The third kappa shape index (κ3) is 4.08. The smallest absolute Gasteiger partial charge is 0.304 e. The molecule has 0 saturated heterocycles. The van der Waals surface area contributed by atoms with Crippen LogP contribution in [0.1, 0.15) is 12.0 Å². The number of benzene rings is 1. The van der Waals surface area contributed by atoms with Crippen LogP contribution >= 0.6 is 15.9 Å². The van der Waals surface area contributed by atoms with E-state index < -0.39 is 10.9 Å². The Balaban J connectivity index is 2.75. The molecule has 0 heterocycles. The third-order valence-electron chi connectivity index (χ3n) is 2.40. The second-order valence-corrected chi connectivity index (χ2v) is 4.68. The number of halogens is 1. The number of nitrogens with zero attached hydrogens (tertiary/aromatic N) is 2. The highest BCUT2D eigenvalue weighted by Gasteiger charge is 2.15. The minimum absolute atomic E-state index is 0.0131. The van der Waals surface area contributed by atoms with Crippen molar-refractivity contribution in [2.24, 2.45) is 0 Å². The maximum Gasteiger partial charge on any atom is 0.304 e. The second-order valence-electron chi connectivity index (χ2n) is 3.89. The van der Waals surface area contributed by atoms with Gasteiger partial charge in [-0.1, -0.05) is 12.1 Å². The largest absolute Gasteiger partial charge is 0.481 e. The van der Waals surface area contributed by atoms with Crippen molar-refractivity contribution in [1.29, 1.82) is 0 Å². The van der Waals surface area contributed by atoms with E-state index in [1.54, 1.807) is 24.1 Å². The Hall–Kier alpha value is -1.47. The summed E-state index contributed by atoms with van der Waals surface area (Å²) in [6, 6.07) is 4.81. The molecule has 1 aromatic carbocycles. The normalized spacial score (nSPS) is 10.6. The Bertz CT molecular complexity index is 464. The van der Waals surface area contributed by atoms with Crippen LogP contribution in [0, 0.1) is 10.1 Å². The lowest BCUT2D eigenvalue weighted by Gasteiger charge is -2.16. The molecule has 0 aromatic heterocycles. The van der Waals surface area contributed by atoms with Gasteiger partial charge in [0.15, 0.2) is 0 Å². The molecule has 1 rings (SSSR count). The topological polar surface area (TPSA) is 83.7 Å². The number of nitro benzene ring substituents is 1. The number of nitro groups is 1. The Kier molecular flexibility index (Phi) is 5.24. The second kappa shape index (κ2) is 6.46. The molecular formula is C11H13BrN2O4. The summed E-state index contributed by atoms with van der Waals surface area (Å²) >= 11 is 3.21. The van der Waals surface area contributed by atoms with Crippen LogP contribution in [0.2, 0.25) is 0 Å². The maximum atomic E-state index is 10.8. The van der Waals surface area contributed by atoms with Crippen molar-refractivity contribution in [3.05, 3.63) is 38.3 Å². The third-order valence-corrected chi connectivity index (χ3v) is 3.32. The molecule has 0 radical (unpaired) electrons. The van der Waals surface area contributed by atoms with Crippen molar-refractivity contribution in [1.82, 2.24) is 4.90 Å². The van der Waals surface area contributed by atoms with Crippen LogP contribution in [0.3, 0.4) is 0 Å². The molecule has 0 spiro atoms. The van der Waals surface area contributed by atoms with Gasteiger partial charge in [-0.15, -0.1) is 0 Å². The van der Waals surface area contributed by atoms with Gasteiger partial charge in [0.25, 0.3) is 5.69 Å². The van der Waals surface area contributed by atoms with Crippen LogP contribution in [0.15, 0.2) is 22.7 Å². The van der Waals surface area contributed by atoms with E-state index in [9.17, 15) is 14.9 Å². The van der Waals surface area contributed by atoms with Crippen molar-refractivity contribution in [2.75, 3.05) is 13.6 Å². The Morgan fingerprint density at radius 2 is 2.22 bits per heavy atom. The van der Waals surface area contributed by atoms with Gasteiger partial charge < -0.3 is 10.0 Å². The summed E-state index contributed by atoms with van der Waals surface area (Å²) < 4.78 is 0.442. The first kappa shape index (κ1) is 14.6. The minimum Gasteiger partial charge on any atom is -0.481 e. The van der Waals surface area contributed by atoms with Crippen LogP contribution in [-0.4, -0.2) is 34.5 Å². The summed E-state index contributed by atoms with van der Waals surface area (Å²) in [7, 11) is 1.77. The van der Waals surface area contributed by atoms with Gasteiger partial charge in [-0.25, -0.2) is 0 Å². The zero-order valence-electron chi connectivity index (χ0n) is 9.80. The van der Waals surface area contributed by atoms with E-state index in [0.29, 0.717) is 17.6 Å². The van der Waals surface area contributed by atoms with Gasteiger partial charge in [-0.05, 0) is 28.5 Å². The fourth-order valence-corrected chi connectivity index (χ4v) is 2.02. The van der Waals surface area contributed by atoms with Gasteiger partial charge in [0, 0.05) is 19.2 Å². The Morgan fingerprint density at radius 3 is 2.78 bits per heavy atom. The molecule has 0 aliphatic carbocycles. The van der Waals surface area contributed by atoms with Crippen molar-refractivity contribution >= 4 is 27.6 Å². The van der Waals surface area contributed by atoms with Gasteiger partial charge in [0.2, 0.25) is 0 Å². The van der Waals surface area contributed by atoms with E-state index in [-0.39, 0.29) is 12.1 Å². The monoisotopic (exact) mass is 316 g/mol. The molecule has 1 aromatic rings. The molecule has 0 saturated carbocycles. The standard InChI is InChI=1S/C11H13BrN2O4/c1-13(6-5-10(15)16)7-8-3-2-4-9(11(8)12)14(17)18/h2-4H,5-7H2,1H3,(H,15,16). The van der Waals surface area contributed by atoms with E-state index in [2.05, 4.69) is 15.9 Å². The molecule has 0 aliphatic rings. The minimum atomic E-state index is -0.861. The van der Waals surface area contributed by atoms with E-state index in [1.165, 1.54) is 6.07 Å². The molecule has 18 heavy (non-hydrogen) atoms. The molecule has 7 heteroatoms. The molecule has 0 fully saturated rings. The highest BCUT2D eigenvalue weighted by molar-refractivity contribution is 9.10. The van der Waals surface area contributed by atoms with Gasteiger partial charge in [-0.3, -0.25) is 14.9 Å². The van der Waals surface area contributed by atoms with Crippen LogP contribution < -0.4 is 0 Å². The number of rotatable bonds is 6. The van der Waals surface area contributed by atoms with E-state index in [0.717, 1.165) is 5.56 Å². The average Bonchev–Trinajstić information content (AvgIpc) is 2.29. The van der Waals surface area contributed by atoms with Crippen LogP contribution in [0.25, 0.3) is 0 Å². The number of carboxylic acid groups (broad SMARTS) is 1. The summed E-state index contributed by atoms with van der Waals surface area (Å²) in [5.41, 5.74) is 0.774. The summed E-state index contributed by atoms with van der Waals surface area (Å²) in [6.07, 6.45) is 0.0447. The predicted octanol–water partition coefficient (Wildman–Crippen LogP) is 2.26. The number of carbonyl (C=O) groups is 1. The zero-order valence-corrected chi connectivity index (χ0v) is 11.4. The molecule has 0 unspecified atom stereocenters. The predicted molar refractivity (Wildman–Crippen MR) is 69.4 cm³/mol. The first-order chi connectivity index (χ1) is 8.41. The molecule has 0 amide bonds. The molecule has 1 N–H and O–H groups in total. The first-order valence-electron chi connectivity index (χ1n) is 5.24. The average molecular weight is 317 g/mol. The lowest BCUT2D eigenvalue weighted by atomic mass is 10.2. The van der Waals surface area contributed by atoms with Crippen LogP contribution in [0.4, 0.5) is 5.69 Å². The highest BCUT2D eigenvalue weighted by Crippen LogP contribution is 2.28. The maximum absolute atomic E-state index is 10.8. The summed E-state index contributed by atoms with van der Waals surface area (Å²) in [5.74, 6) is -0.861. The number of carboxylic acids is 1. The number of hydrogen-bond donors (Lipinski definition) is 1. The lowest BCUT2D eigenvalue weighted by Crippen LogP contribution is -2.21.